The average Bonchev–Trinajstić information content (AvgIpc) is 3.03. The first kappa shape index (κ1) is 20.5. The quantitative estimate of drug-likeness (QED) is 0.407. The van der Waals surface area contributed by atoms with Crippen LogP contribution in [-0.4, -0.2) is 48.5 Å². The number of nitrogens with zero attached hydrogens (tertiary/aromatic N) is 2. The van der Waals surface area contributed by atoms with E-state index in [0.717, 1.165) is 25.6 Å². The predicted molar refractivity (Wildman–Crippen MR) is 106 cm³/mol. The van der Waals surface area contributed by atoms with Crippen molar-refractivity contribution in [1.29, 1.82) is 0 Å². The van der Waals surface area contributed by atoms with Crippen molar-refractivity contribution in [2.75, 3.05) is 26.2 Å². The monoisotopic (exact) mass is 436 g/mol. The summed E-state index contributed by atoms with van der Waals surface area (Å²) in [6.07, 6.45) is 6.72. The molecule has 0 aromatic heterocycles. The highest BCUT2D eigenvalue weighted by molar-refractivity contribution is 14.0. The molecule has 1 amide bonds. The standard InChI is InChI=1S/C17H32N4O.HI/c1-5-18-15(19-12-14(22)20-16(2,3)4)21-11-10-17(13-21)8-6-7-9-17;/h5-13H2,1-4H3,(H,18,19)(H,20,22);1H. The van der Waals surface area contributed by atoms with Crippen LogP contribution >= 0.6 is 24.0 Å². The van der Waals surface area contributed by atoms with E-state index in [-0.39, 0.29) is 42.0 Å². The minimum Gasteiger partial charge on any atom is -0.357 e. The smallest absolute Gasteiger partial charge is 0.242 e. The zero-order chi connectivity index (χ0) is 16.2. The maximum Gasteiger partial charge on any atom is 0.242 e. The molecule has 6 heteroatoms. The van der Waals surface area contributed by atoms with Crippen LogP contribution in [0, 0.1) is 5.41 Å². The number of aliphatic imine (C=N–C) groups is 1. The Labute approximate surface area is 158 Å². The van der Waals surface area contributed by atoms with Gasteiger partial charge in [0.1, 0.15) is 6.54 Å². The molecular weight excluding hydrogens is 403 g/mol. The zero-order valence-electron chi connectivity index (χ0n) is 15.1. The van der Waals surface area contributed by atoms with E-state index in [0.29, 0.717) is 5.41 Å². The van der Waals surface area contributed by atoms with Gasteiger partial charge in [0.2, 0.25) is 5.91 Å². The van der Waals surface area contributed by atoms with Gasteiger partial charge >= 0.3 is 0 Å². The number of hydrogen-bond donors (Lipinski definition) is 2. The summed E-state index contributed by atoms with van der Waals surface area (Å²) in [7, 11) is 0. The van der Waals surface area contributed by atoms with Gasteiger partial charge in [0.15, 0.2) is 5.96 Å². The van der Waals surface area contributed by atoms with E-state index in [4.69, 9.17) is 0 Å². The molecule has 2 fully saturated rings. The summed E-state index contributed by atoms with van der Waals surface area (Å²) in [5, 5.41) is 6.31. The van der Waals surface area contributed by atoms with Gasteiger partial charge in [-0.15, -0.1) is 24.0 Å². The fourth-order valence-corrected chi connectivity index (χ4v) is 3.68. The summed E-state index contributed by atoms with van der Waals surface area (Å²) in [4.78, 5) is 18.9. The third-order valence-corrected chi connectivity index (χ3v) is 4.62. The molecule has 1 aliphatic carbocycles. The second kappa shape index (κ2) is 8.53. The lowest BCUT2D eigenvalue weighted by atomic mass is 9.86. The van der Waals surface area contributed by atoms with Crippen LogP contribution in [0.15, 0.2) is 4.99 Å². The molecule has 5 nitrogen and oxygen atoms in total. The van der Waals surface area contributed by atoms with Crippen molar-refractivity contribution < 1.29 is 4.79 Å². The van der Waals surface area contributed by atoms with Crippen LogP contribution in [0.4, 0.5) is 0 Å². The van der Waals surface area contributed by atoms with Crippen LogP contribution in [0.25, 0.3) is 0 Å². The van der Waals surface area contributed by atoms with E-state index in [9.17, 15) is 4.79 Å². The van der Waals surface area contributed by atoms with Gasteiger partial charge in [-0.25, -0.2) is 4.99 Å². The van der Waals surface area contributed by atoms with E-state index in [1.54, 1.807) is 0 Å². The van der Waals surface area contributed by atoms with Crippen molar-refractivity contribution in [1.82, 2.24) is 15.5 Å². The molecule has 1 spiro atoms. The lowest BCUT2D eigenvalue weighted by Gasteiger charge is -2.26. The van der Waals surface area contributed by atoms with Gasteiger partial charge in [-0.3, -0.25) is 4.79 Å². The Morgan fingerprint density at radius 3 is 2.43 bits per heavy atom. The number of carbonyl (C=O) groups is 1. The molecule has 1 heterocycles. The highest BCUT2D eigenvalue weighted by atomic mass is 127. The number of hydrogen-bond acceptors (Lipinski definition) is 2. The number of nitrogens with one attached hydrogen (secondary N) is 2. The van der Waals surface area contributed by atoms with E-state index in [2.05, 4.69) is 27.4 Å². The molecule has 1 saturated carbocycles. The highest BCUT2D eigenvalue weighted by Gasteiger charge is 2.41. The number of amides is 1. The Morgan fingerprint density at radius 1 is 1.22 bits per heavy atom. The van der Waals surface area contributed by atoms with Gasteiger partial charge in [-0.05, 0) is 52.4 Å². The molecular formula is C17H33IN4O. The SMILES string of the molecule is CCNC(=NCC(=O)NC(C)(C)C)N1CCC2(CCCC2)C1.I. The molecule has 1 aliphatic heterocycles. The first-order valence-electron chi connectivity index (χ1n) is 8.68. The Kier molecular flexibility index (Phi) is 7.61. The predicted octanol–water partition coefficient (Wildman–Crippen LogP) is 2.75. The summed E-state index contributed by atoms with van der Waals surface area (Å²) in [5.74, 6) is 0.882. The molecule has 0 bridgehead atoms. The van der Waals surface area contributed by atoms with Gasteiger partial charge < -0.3 is 15.5 Å². The van der Waals surface area contributed by atoms with E-state index in [1.807, 2.05) is 20.8 Å². The number of guanidine groups is 1. The van der Waals surface area contributed by atoms with Crippen LogP contribution in [-0.2, 0) is 4.79 Å². The van der Waals surface area contributed by atoms with Crippen LogP contribution in [0.3, 0.4) is 0 Å². The third-order valence-electron chi connectivity index (χ3n) is 4.62. The van der Waals surface area contributed by atoms with Crippen molar-refractivity contribution in [2.24, 2.45) is 10.4 Å². The lowest BCUT2D eigenvalue weighted by Crippen LogP contribution is -2.44. The molecule has 2 N–H and O–H groups in total. The Hall–Kier alpha value is -0.530. The van der Waals surface area contributed by atoms with Crippen LogP contribution < -0.4 is 10.6 Å². The molecule has 0 unspecified atom stereocenters. The third kappa shape index (κ3) is 6.12. The largest absolute Gasteiger partial charge is 0.357 e. The molecule has 0 atom stereocenters. The fourth-order valence-electron chi connectivity index (χ4n) is 3.68. The highest BCUT2D eigenvalue weighted by Crippen LogP contribution is 2.45. The van der Waals surface area contributed by atoms with Crippen molar-refractivity contribution in [3.8, 4) is 0 Å². The van der Waals surface area contributed by atoms with Crippen LogP contribution in [0.5, 0.6) is 0 Å². The zero-order valence-corrected chi connectivity index (χ0v) is 17.4. The first-order valence-corrected chi connectivity index (χ1v) is 8.68. The van der Waals surface area contributed by atoms with Gasteiger partial charge in [0.25, 0.3) is 0 Å². The molecule has 1 saturated heterocycles. The summed E-state index contributed by atoms with van der Waals surface area (Å²) >= 11 is 0. The Balaban J connectivity index is 0.00000264. The molecule has 2 rings (SSSR count). The van der Waals surface area contributed by atoms with Crippen LogP contribution in [0.2, 0.25) is 0 Å². The summed E-state index contributed by atoms with van der Waals surface area (Å²) in [6, 6.07) is 0. The van der Waals surface area contributed by atoms with Gasteiger partial charge in [0.05, 0.1) is 0 Å². The summed E-state index contributed by atoms with van der Waals surface area (Å²) < 4.78 is 0. The second-order valence-corrected chi connectivity index (χ2v) is 7.85. The lowest BCUT2D eigenvalue weighted by molar-refractivity contribution is -0.121. The van der Waals surface area contributed by atoms with Crippen molar-refractivity contribution in [3.63, 3.8) is 0 Å². The maximum absolute atomic E-state index is 12.0. The second-order valence-electron chi connectivity index (χ2n) is 7.85. The normalized spacial score (nSPS) is 20.5. The number of carbonyl (C=O) groups excluding carboxylic acids is 1. The van der Waals surface area contributed by atoms with E-state index in [1.165, 1.54) is 32.1 Å². The molecule has 0 aromatic rings. The van der Waals surface area contributed by atoms with Crippen molar-refractivity contribution in [2.45, 2.75) is 65.3 Å². The summed E-state index contributed by atoms with van der Waals surface area (Å²) in [5.41, 5.74) is 0.316. The molecule has 0 radical (unpaired) electrons. The molecule has 23 heavy (non-hydrogen) atoms. The van der Waals surface area contributed by atoms with Crippen molar-refractivity contribution in [3.05, 3.63) is 0 Å². The van der Waals surface area contributed by atoms with Crippen molar-refractivity contribution >= 4 is 35.8 Å². The fraction of sp³-hybridized carbons (Fsp3) is 0.882. The molecule has 2 aliphatic rings. The minimum atomic E-state index is -0.202. The minimum absolute atomic E-state index is 0. The van der Waals surface area contributed by atoms with Gasteiger partial charge in [0, 0.05) is 25.2 Å². The Bertz CT molecular complexity index is 425. The topological polar surface area (TPSA) is 56.7 Å². The maximum atomic E-state index is 12.0. The number of rotatable bonds is 3. The summed E-state index contributed by atoms with van der Waals surface area (Å²) in [6.45, 7) is 11.2. The van der Waals surface area contributed by atoms with Crippen LogP contribution in [0.1, 0.15) is 59.8 Å². The average molecular weight is 436 g/mol. The molecule has 134 valence electrons. The van der Waals surface area contributed by atoms with Gasteiger partial charge in [-0.2, -0.15) is 0 Å². The van der Waals surface area contributed by atoms with E-state index < -0.39 is 0 Å². The first-order chi connectivity index (χ1) is 10.3. The Morgan fingerprint density at radius 2 is 1.87 bits per heavy atom. The number of likely N-dealkylation sites (tertiary alicyclic amines) is 1. The number of halogens is 1. The molecule has 0 aromatic carbocycles. The van der Waals surface area contributed by atoms with E-state index >= 15 is 0 Å². The van der Waals surface area contributed by atoms with Gasteiger partial charge in [-0.1, -0.05) is 12.8 Å².